The second kappa shape index (κ2) is 6.44. The molecule has 1 fully saturated rings. The van der Waals surface area contributed by atoms with Crippen molar-refractivity contribution < 1.29 is 0 Å². The summed E-state index contributed by atoms with van der Waals surface area (Å²) in [6.45, 7) is 3.19. The van der Waals surface area contributed by atoms with Gasteiger partial charge in [-0.25, -0.2) is 0 Å². The Balaban J connectivity index is 1.83. The maximum absolute atomic E-state index is 6.00. The van der Waals surface area contributed by atoms with Gasteiger partial charge in [-0.15, -0.1) is 0 Å². The molecule has 2 N–H and O–H groups in total. The molecule has 0 amide bonds. The third kappa shape index (κ3) is 3.19. The lowest BCUT2D eigenvalue weighted by molar-refractivity contribution is 0.254. The van der Waals surface area contributed by atoms with Crippen molar-refractivity contribution in [1.29, 1.82) is 0 Å². The highest BCUT2D eigenvalue weighted by Gasteiger charge is 2.28. The lowest BCUT2D eigenvalue weighted by Crippen LogP contribution is -2.28. The van der Waals surface area contributed by atoms with Crippen molar-refractivity contribution in [3.05, 3.63) is 60.2 Å². The van der Waals surface area contributed by atoms with Crippen molar-refractivity contribution in [1.82, 2.24) is 0 Å². The third-order valence-corrected chi connectivity index (χ3v) is 5.00. The molecule has 0 spiro atoms. The topological polar surface area (TPSA) is 26.0 Å². The predicted molar refractivity (Wildman–Crippen MR) is 90.2 cm³/mol. The van der Waals surface area contributed by atoms with Gasteiger partial charge in [-0.3, -0.25) is 0 Å². The molecule has 21 heavy (non-hydrogen) atoms. The average Bonchev–Trinajstić information content (AvgIpc) is 2.56. The molecule has 1 nitrogen and oxygen atoms in total. The van der Waals surface area contributed by atoms with Crippen LogP contribution in [-0.4, -0.2) is 6.54 Å². The highest BCUT2D eigenvalue weighted by atomic mass is 14.6. The Kier molecular flexibility index (Phi) is 4.40. The van der Waals surface area contributed by atoms with Crippen molar-refractivity contribution in [2.75, 3.05) is 6.54 Å². The first kappa shape index (κ1) is 14.3. The summed E-state index contributed by atoms with van der Waals surface area (Å²) in [5.41, 5.74) is 10.1. The number of nitrogens with two attached hydrogens (primary N) is 1. The molecule has 0 radical (unpaired) electrons. The summed E-state index contributed by atoms with van der Waals surface area (Å²) in [6.07, 6.45) is 3.90. The van der Waals surface area contributed by atoms with Crippen LogP contribution in [0, 0.1) is 11.8 Å². The molecule has 110 valence electrons. The number of benzene rings is 2. The van der Waals surface area contributed by atoms with Gasteiger partial charge in [0.2, 0.25) is 0 Å². The summed E-state index contributed by atoms with van der Waals surface area (Å²) in [5, 5.41) is 0. The van der Waals surface area contributed by atoms with Crippen LogP contribution in [0.1, 0.15) is 37.7 Å². The van der Waals surface area contributed by atoms with Crippen LogP contribution >= 0.6 is 0 Å². The minimum absolute atomic E-state index is 0.642. The van der Waals surface area contributed by atoms with Gasteiger partial charge in [0.15, 0.2) is 0 Å². The Labute approximate surface area is 128 Å². The van der Waals surface area contributed by atoms with E-state index in [0.717, 1.165) is 12.5 Å². The average molecular weight is 279 g/mol. The second-order valence-corrected chi connectivity index (χ2v) is 6.51. The van der Waals surface area contributed by atoms with Crippen molar-refractivity contribution >= 4 is 0 Å². The Morgan fingerprint density at radius 3 is 2.24 bits per heavy atom. The number of rotatable bonds is 3. The molecule has 2 aromatic rings. The molecule has 0 heterocycles. The third-order valence-electron chi connectivity index (χ3n) is 5.00. The first-order valence-electron chi connectivity index (χ1n) is 8.13. The van der Waals surface area contributed by atoms with E-state index in [2.05, 4.69) is 61.5 Å². The minimum atomic E-state index is 0.642. The normalized spacial score (nSPS) is 25.7. The van der Waals surface area contributed by atoms with E-state index >= 15 is 0 Å². The quantitative estimate of drug-likeness (QED) is 0.855. The molecule has 1 aliphatic rings. The molecule has 3 rings (SSSR count). The standard InChI is InChI=1S/C20H25N/c1-15-7-8-19(14-21)20(13-15)18-11-9-17(10-12-18)16-5-3-2-4-6-16/h2-6,9-12,15,19-20H,7-8,13-14,21H2,1H3. The molecule has 1 saturated carbocycles. The number of hydrogen-bond acceptors (Lipinski definition) is 1. The molecular formula is C20H25N. The van der Waals surface area contributed by atoms with E-state index in [4.69, 9.17) is 5.73 Å². The summed E-state index contributed by atoms with van der Waals surface area (Å²) < 4.78 is 0. The van der Waals surface area contributed by atoms with Gasteiger partial charge >= 0.3 is 0 Å². The fraction of sp³-hybridized carbons (Fsp3) is 0.400. The van der Waals surface area contributed by atoms with Gasteiger partial charge in [-0.2, -0.15) is 0 Å². The molecule has 3 atom stereocenters. The van der Waals surface area contributed by atoms with Crippen LogP contribution in [0.4, 0.5) is 0 Å². The SMILES string of the molecule is CC1CCC(CN)C(c2ccc(-c3ccccc3)cc2)C1. The largest absolute Gasteiger partial charge is 0.330 e. The molecule has 0 saturated heterocycles. The van der Waals surface area contributed by atoms with Crippen molar-refractivity contribution in [2.24, 2.45) is 17.6 Å². The fourth-order valence-corrected chi connectivity index (χ4v) is 3.69. The predicted octanol–water partition coefficient (Wildman–Crippen LogP) is 4.83. The monoisotopic (exact) mass is 279 g/mol. The molecule has 1 aliphatic carbocycles. The van der Waals surface area contributed by atoms with E-state index in [1.165, 1.54) is 36.0 Å². The summed E-state index contributed by atoms with van der Waals surface area (Å²) in [6, 6.07) is 19.7. The van der Waals surface area contributed by atoms with Crippen molar-refractivity contribution in [3.63, 3.8) is 0 Å². The van der Waals surface area contributed by atoms with Crippen LogP contribution < -0.4 is 5.73 Å². The van der Waals surface area contributed by atoms with Gasteiger partial charge in [-0.05, 0) is 53.8 Å². The molecule has 3 unspecified atom stereocenters. The van der Waals surface area contributed by atoms with Crippen molar-refractivity contribution in [2.45, 2.75) is 32.1 Å². The Hall–Kier alpha value is -1.60. The summed E-state index contributed by atoms with van der Waals surface area (Å²) in [4.78, 5) is 0. The first-order chi connectivity index (χ1) is 10.3. The van der Waals surface area contributed by atoms with E-state index in [9.17, 15) is 0 Å². The maximum Gasteiger partial charge on any atom is -0.00430 e. The Morgan fingerprint density at radius 1 is 0.905 bits per heavy atom. The van der Waals surface area contributed by atoms with Crippen LogP contribution in [0.3, 0.4) is 0 Å². The second-order valence-electron chi connectivity index (χ2n) is 6.51. The molecule has 1 heteroatoms. The Bertz CT molecular complexity index is 558. The highest BCUT2D eigenvalue weighted by molar-refractivity contribution is 5.63. The highest BCUT2D eigenvalue weighted by Crippen LogP contribution is 2.40. The van der Waals surface area contributed by atoms with Gasteiger partial charge in [0, 0.05) is 0 Å². The van der Waals surface area contributed by atoms with E-state index in [0.29, 0.717) is 11.8 Å². The molecule has 0 aromatic heterocycles. The fourth-order valence-electron chi connectivity index (χ4n) is 3.69. The van der Waals surface area contributed by atoms with Crippen molar-refractivity contribution in [3.8, 4) is 11.1 Å². The molecular weight excluding hydrogens is 254 g/mol. The van der Waals surface area contributed by atoms with Gasteiger partial charge in [0.25, 0.3) is 0 Å². The van der Waals surface area contributed by atoms with E-state index in [-0.39, 0.29) is 0 Å². The van der Waals surface area contributed by atoms with E-state index in [1.54, 1.807) is 0 Å². The minimum Gasteiger partial charge on any atom is -0.330 e. The zero-order valence-electron chi connectivity index (χ0n) is 12.8. The van der Waals surface area contributed by atoms with Gasteiger partial charge in [0.1, 0.15) is 0 Å². The van der Waals surface area contributed by atoms with E-state index < -0.39 is 0 Å². The summed E-state index contributed by atoms with van der Waals surface area (Å²) in [5.74, 6) is 2.12. The lowest BCUT2D eigenvalue weighted by Gasteiger charge is -2.34. The Morgan fingerprint density at radius 2 is 1.57 bits per heavy atom. The first-order valence-corrected chi connectivity index (χ1v) is 8.13. The molecule has 2 aromatic carbocycles. The zero-order chi connectivity index (χ0) is 14.7. The van der Waals surface area contributed by atoms with Crippen LogP contribution in [0.25, 0.3) is 11.1 Å². The summed E-state index contributed by atoms with van der Waals surface area (Å²) >= 11 is 0. The van der Waals surface area contributed by atoms with Gasteiger partial charge in [0.05, 0.1) is 0 Å². The van der Waals surface area contributed by atoms with Crippen LogP contribution in [0.5, 0.6) is 0 Å². The smallest absolute Gasteiger partial charge is 0.00430 e. The molecule has 0 aliphatic heterocycles. The molecule has 0 bridgehead atoms. The van der Waals surface area contributed by atoms with Crippen LogP contribution in [0.2, 0.25) is 0 Å². The maximum atomic E-state index is 6.00. The van der Waals surface area contributed by atoms with E-state index in [1.807, 2.05) is 0 Å². The van der Waals surface area contributed by atoms with Gasteiger partial charge in [-0.1, -0.05) is 67.9 Å². The van der Waals surface area contributed by atoms with Gasteiger partial charge < -0.3 is 5.73 Å². The summed E-state index contributed by atoms with van der Waals surface area (Å²) in [7, 11) is 0. The van der Waals surface area contributed by atoms with Crippen LogP contribution in [0.15, 0.2) is 54.6 Å². The van der Waals surface area contributed by atoms with Crippen LogP contribution in [-0.2, 0) is 0 Å². The zero-order valence-corrected chi connectivity index (χ0v) is 12.8. The lowest BCUT2D eigenvalue weighted by atomic mass is 9.71. The number of hydrogen-bond donors (Lipinski definition) is 1.